The molecule has 0 spiro atoms. The number of pyridine rings is 1. The minimum atomic E-state index is -1.08. The third-order valence-electron chi connectivity index (χ3n) is 6.50. The van der Waals surface area contributed by atoms with E-state index in [0.29, 0.717) is 17.9 Å². The summed E-state index contributed by atoms with van der Waals surface area (Å²) in [5.41, 5.74) is 1.25. The molecule has 1 aliphatic heterocycles. The molecule has 0 saturated heterocycles. The van der Waals surface area contributed by atoms with Gasteiger partial charge in [0.2, 0.25) is 11.8 Å². The topological polar surface area (TPSA) is 170 Å². The molecule has 0 radical (unpaired) electrons. The molecule has 2 aromatic heterocycles. The van der Waals surface area contributed by atoms with E-state index in [1.165, 1.54) is 11.1 Å². The Morgan fingerprint density at radius 1 is 1.23 bits per heavy atom. The number of carbonyl (C=O) groups is 4. The maximum Gasteiger partial charge on any atom is 0.303 e. The first kappa shape index (κ1) is 24.3. The smallest absolute Gasteiger partial charge is 0.303 e. The fourth-order valence-electron chi connectivity index (χ4n) is 4.75. The van der Waals surface area contributed by atoms with E-state index in [1.807, 2.05) is 0 Å². The molecule has 35 heavy (non-hydrogen) atoms. The number of nitrogens with zero attached hydrogens (tertiary/aromatic N) is 4. The highest BCUT2D eigenvalue weighted by Crippen LogP contribution is 2.31. The van der Waals surface area contributed by atoms with E-state index in [1.54, 1.807) is 18.3 Å². The number of fused-ring (bicyclic) bond motifs is 1. The van der Waals surface area contributed by atoms with Gasteiger partial charge in [0.05, 0.1) is 6.54 Å². The lowest BCUT2D eigenvalue weighted by molar-refractivity contribution is -0.138. The lowest BCUT2D eigenvalue weighted by atomic mass is 10.0. The van der Waals surface area contributed by atoms with Crippen molar-refractivity contribution in [3.8, 4) is 0 Å². The number of rotatable bonds is 10. The Morgan fingerprint density at radius 3 is 2.74 bits per heavy atom. The van der Waals surface area contributed by atoms with Crippen LogP contribution in [0.5, 0.6) is 0 Å². The Labute approximate surface area is 201 Å². The van der Waals surface area contributed by atoms with Crippen molar-refractivity contribution in [3.05, 3.63) is 35.8 Å². The van der Waals surface area contributed by atoms with Crippen LogP contribution in [0.4, 0.5) is 5.82 Å². The summed E-state index contributed by atoms with van der Waals surface area (Å²) in [6, 6.07) is 1.54. The summed E-state index contributed by atoms with van der Waals surface area (Å²) in [6.07, 6.45) is 7.35. The summed E-state index contributed by atoms with van der Waals surface area (Å²) in [5, 5.41) is 24.7. The SMILES string of the molecule is O=C(O)CC[C@H](NC(=O)CC1CCCC1)C(=O)N1c2ncccc2C[C@H]1C(=O)NCc1c[nH]nn1. The maximum absolute atomic E-state index is 13.7. The number of amides is 3. The number of hydrogen-bond donors (Lipinski definition) is 4. The quantitative estimate of drug-likeness (QED) is 0.383. The molecule has 186 valence electrons. The Morgan fingerprint density at radius 2 is 2.03 bits per heavy atom. The van der Waals surface area contributed by atoms with Gasteiger partial charge in [-0.1, -0.05) is 24.1 Å². The van der Waals surface area contributed by atoms with Gasteiger partial charge in [-0.15, -0.1) is 5.10 Å². The van der Waals surface area contributed by atoms with Crippen molar-refractivity contribution in [1.82, 2.24) is 31.0 Å². The fourth-order valence-corrected chi connectivity index (χ4v) is 4.75. The summed E-state index contributed by atoms with van der Waals surface area (Å²) in [5.74, 6) is -1.71. The number of carbonyl (C=O) groups excluding carboxylic acids is 3. The van der Waals surface area contributed by atoms with Crippen LogP contribution in [0.1, 0.15) is 56.2 Å². The van der Waals surface area contributed by atoms with Gasteiger partial charge in [-0.25, -0.2) is 4.98 Å². The number of H-pyrrole nitrogens is 1. The van der Waals surface area contributed by atoms with Crippen molar-refractivity contribution < 1.29 is 24.3 Å². The molecule has 2 atom stereocenters. The molecule has 4 N–H and O–H groups in total. The van der Waals surface area contributed by atoms with Crippen LogP contribution >= 0.6 is 0 Å². The van der Waals surface area contributed by atoms with Crippen molar-refractivity contribution in [3.63, 3.8) is 0 Å². The second kappa shape index (κ2) is 11.1. The van der Waals surface area contributed by atoms with Crippen LogP contribution in [0.25, 0.3) is 0 Å². The summed E-state index contributed by atoms with van der Waals surface area (Å²) in [6.45, 7) is 0.123. The van der Waals surface area contributed by atoms with E-state index >= 15 is 0 Å². The minimum absolute atomic E-state index is 0.0868. The largest absolute Gasteiger partial charge is 0.481 e. The molecule has 2 aromatic rings. The molecule has 4 rings (SSSR count). The molecule has 1 aliphatic carbocycles. The third-order valence-corrected chi connectivity index (χ3v) is 6.50. The molecule has 1 fully saturated rings. The van der Waals surface area contributed by atoms with Gasteiger partial charge in [0.15, 0.2) is 0 Å². The lowest BCUT2D eigenvalue weighted by Gasteiger charge is -2.28. The van der Waals surface area contributed by atoms with Crippen LogP contribution in [0, 0.1) is 5.92 Å². The van der Waals surface area contributed by atoms with Gasteiger partial charge < -0.3 is 15.7 Å². The number of carboxylic acids is 1. The van der Waals surface area contributed by atoms with Crippen molar-refractivity contribution in [1.29, 1.82) is 0 Å². The highest BCUT2D eigenvalue weighted by Gasteiger charge is 2.42. The van der Waals surface area contributed by atoms with E-state index in [-0.39, 0.29) is 37.6 Å². The van der Waals surface area contributed by atoms with Crippen molar-refractivity contribution in [2.45, 2.75) is 70.0 Å². The van der Waals surface area contributed by atoms with E-state index in [2.05, 4.69) is 31.0 Å². The number of aliphatic carboxylic acids is 1. The van der Waals surface area contributed by atoms with E-state index in [0.717, 1.165) is 31.2 Å². The van der Waals surface area contributed by atoms with Gasteiger partial charge in [0.25, 0.3) is 5.91 Å². The monoisotopic (exact) mass is 483 g/mol. The zero-order chi connectivity index (χ0) is 24.8. The zero-order valence-electron chi connectivity index (χ0n) is 19.3. The predicted molar refractivity (Wildman–Crippen MR) is 123 cm³/mol. The number of carboxylic acid groups (broad SMARTS) is 1. The highest BCUT2D eigenvalue weighted by molar-refractivity contribution is 6.06. The average Bonchev–Trinajstić information content (AvgIpc) is 3.60. The highest BCUT2D eigenvalue weighted by atomic mass is 16.4. The Kier molecular flexibility index (Phi) is 7.68. The number of nitrogens with one attached hydrogen (secondary N) is 3. The molecule has 2 aliphatic rings. The zero-order valence-corrected chi connectivity index (χ0v) is 19.3. The van der Waals surface area contributed by atoms with Crippen molar-refractivity contribution in [2.75, 3.05) is 4.90 Å². The number of anilines is 1. The molecule has 1 saturated carbocycles. The molecule has 12 heteroatoms. The number of aromatic nitrogens is 4. The first-order chi connectivity index (χ1) is 16.9. The third kappa shape index (κ3) is 6.00. The summed E-state index contributed by atoms with van der Waals surface area (Å²) < 4.78 is 0. The molecule has 0 aromatic carbocycles. The lowest BCUT2D eigenvalue weighted by Crippen LogP contribution is -2.55. The van der Waals surface area contributed by atoms with E-state index in [4.69, 9.17) is 0 Å². The molecule has 3 amide bonds. The molecule has 3 heterocycles. The van der Waals surface area contributed by atoms with Crippen LogP contribution < -0.4 is 15.5 Å². The summed E-state index contributed by atoms with van der Waals surface area (Å²) in [4.78, 5) is 56.4. The normalized spacial score (nSPS) is 18.2. The van der Waals surface area contributed by atoms with Gasteiger partial charge in [-0.3, -0.25) is 29.2 Å². The van der Waals surface area contributed by atoms with Gasteiger partial charge in [-0.2, -0.15) is 0 Å². The van der Waals surface area contributed by atoms with Crippen molar-refractivity contribution >= 4 is 29.5 Å². The number of aromatic amines is 1. The Hall–Kier alpha value is -3.83. The van der Waals surface area contributed by atoms with Gasteiger partial charge in [-0.05, 0) is 36.8 Å². The second-order valence-corrected chi connectivity index (χ2v) is 9.00. The first-order valence-corrected chi connectivity index (χ1v) is 11.8. The van der Waals surface area contributed by atoms with Crippen molar-refractivity contribution in [2.24, 2.45) is 5.92 Å². The van der Waals surface area contributed by atoms with Crippen LogP contribution in [0.3, 0.4) is 0 Å². The first-order valence-electron chi connectivity index (χ1n) is 11.8. The maximum atomic E-state index is 13.7. The van der Waals surface area contributed by atoms with Gasteiger partial charge in [0, 0.05) is 31.7 Å². The molecular formula is C23H29N7O5. The fraction of sp³-hybridized carbons (Fsp3) is 0.522. The summed E-state index contributed by atoms with van der Waals surface area (Å²) >= 11 is 0. The van der Waals surface area contributed by atoms with Gasteiger partial charge in [0.1, 0.15) is 23.6 Å². The Balaban J connectivity index is 1.52. The Bertz CT molecular complexity index is 1070. The van der Waals surface area contributed by atoms with Crippen LogP contribution in [0.15, 0.2) is 24.5 Å². The number of hydrogen-bond acceptors (Lipinski definition) is 7. The predicted octanol–water partition coefficient (Wildman–Crippen LogP) is 0.704. The molecule has 12 nitrogen and oxygen atoms in total. The van der Waals surface area contributed by atoms with Crippen LogP contribution in [-0.4, -0.2) is 61.3 Å². The van der Waals surface area contributed by atoms with Gasteiger partial charge >= 0.3 is 5.97 Å². The standard InChI is InChI=1S/C23H29N7O5/c31-19(10-14-4-1-2-5-14)27-17(7-8-20(32)33)23(35)30-18(11-15-6-3-9-24-21(15)30)22(34)25-12-16-13-26-29-28-16/h3,6,9,13-14,17-18H,1-2,4-5,7-8,10-12H2,(H,25,34)(H,27,31)(H,32,33)(H,26,28,29)/t17-,18-/m0/s1. The second-order valence-electron chi connectivity index (χ2n) is 9.00. The molecule has 0 bridgehead atoms. The van der Waals surface area contributed by atoms with E-state index < -0.39 is 29.9 Å². The van der Waals surface area contributed by atoms with E-state index in [9.17, 15) is 24.3 Å². The minimum Gasteiger partial charge on any atom is -0.481 e. The molecule has 0 unspecified atom stereocenters. The van der Waals surface area contributed by atoms with Crippen LogP contribution in [0.2, 0.25) is 0 Å². The average molecular weight is 484 g/mol. The van der Waals surface area contributed by atoms with Crippen LogP contribution in [-0.2, 0) is 32.1 Å². The summed E-state index contributed by atoms with van der Waals surface area (Å²) in [7, 11) is 0. The molecular weight excluding hydrogens is 454 g/mol.